The zero-order chi connectivity index (χ0) is 19.0. The fourth-order valence-corrected chi connectivity index (χ4v) is 3.26. The molecule has 1 N–H and O–H groups in total. The highest BCUT2D eigenvalue weighted by atomic mass is 35.5. The maximum absolute atomic E-state index is 13.7. The van der Waals surface area contributed by atoms with Gasteiger partial charge in [0.15, 0.2) is 17.4 Å². The second-order valence-corrected chi connectivity index (χ2v) is 6.68. The Morgan fingerprint density at radius 3 is 2.68 bits per heavy atom. The van der Waals surface area contributed by atoms with Gasteiger partial charge >= 0.3 is 0 Å². The van der Waals surface area contributed by atoms with E-state index in [0.717, 1.165) is 12.1 Å². The van der Waals surface area contributed by atoms with Crippen LogP contribution in [-0.2, 0) is 0 Å². The molecule has 1 aliphatic heterocycles. The van der Waals surface area contributed by atoms with E-state index in [4.69, 9.17) is 16.3 Å². The molecule has 3 heterocycles. The summed E-state index contributed by atoms with van der Waals surface area (Å²) >= 11 is 5.83. The molecule has 0 bridgehead atoms. The number of fused-ring (bicyclic) bond motifs is 1. The Bertz CT molecular complexity index is 1060. The summed E-state index contributed by atoms with van der Waals surface area (Å²) in [6, 6.07) is 4.78. The fraction of sp³-hybridized carbons (Fsp3) is 0.278. The number of ether oxygens (including phenoxy) is 1. The van der Waals surface area contributed by atoms with Crippen LogP contribution in [0.2, 0.25) is 5.15 Å². The number of H-pyrrole nitrogens is 1. The molecule has 1 saturated heterocycles. The molecule has 1 fully saturated rings. The van der Waals surface area contributed by atoms with Gasteiger partial charge in [0.1, 0.15) is 22.6 Å². The summed E-state index contributed by atoms with van der Waals surface area (Å²) in [6.07, 6.45) is 2.44. The van der Waals surface area contributed by atoms with Gasteiger partial charge in [0.2, 0.25) is 0 Å². The number of nitrogens with one attached hydrogen (secondary N) is 1. The second kappa shape index (κ2) is 8.28. The molecule has 1 aromatic carbocycles. The normalized spacial score (nSPS) is 14.8. The highest BCUT2D eigenvalue weighted by Gasteiger charge is 2.24. The van der Waals surface area contributed by atoms with Gasteiger partial charge in [-0.05, 0) is 12.1 Å². The highest BCUT2D eigenvalue weighted by Crippen LogP contribution is 2.24. The Morgan fingerprint density at radius 1 is 1.21 bits per heavy atom. The summed E-state index contributed by atoms with van der Waals surface area (Å²) in [5, 5.41) is 0.277. The summed E-state index contributed by atoms with van der Waals surface area (Å²) in [5.41, 5.74) is 0.753. The third-order valence-corrected chi connectivity index (χ3v) is 4.66. The molecule has 10 heteroatoms. The average Bonchev–Trinajstić information content (AvgIpc) is 2.64. The number of piperidine rings is 1. The predicted octanol–water partition coefficient (Wildman–Crippen LogP) is 3.72. The van der Waals surface area contributed by atoms with Gasteiger partial charge < -0.3 is 14.6 Å². The largest absolute Gasteiger partial charge is 0.487 e. The van der Waals surface area contributed by atoms with Gasteiger partial charge in [-0.1, -0.05) is 11.6 Å². The molecule has 0 atom stereocenters. The van der Waals surface area contributed by atoms with Crippen molar-refractivity contribution in [3.8, 4) is 5.75 Å². The van der Waals surface area contributed by atoms with Gasteiger partial charge in [-0.3, -0.25) is 4.79 Å². The molecule has 6 nitrogen and oxygen atoms in total. The number of benzene rings is 1. The van der Waals surface area contributed by atoms with Gasteiger partial charge in [-0.25, -0.2) is 18.7 Å². The summed E-state index contributed by atoms with van der Waals surface area (Å²) in [5.74, 6) is -1.04. The lowest BCUT2D eigenvalue weighted by Gasteiger charge is -2.32. The molecular weight excluding hydrogens is 413 g/mol. The third-order valence-electron chi connectivity index (χ3n) is 4.46. The fourth-order valence-electron chi connectivity index (χ4n) is 3.11. The summed E-state index contributed by atoms with van der Waals surface area (Å²) < 4.78 is 32.4. The van der Waals surface area contributed by atoms with Crippen molar-refractivity contribution in [3.63, 3.8) is 0 Å². The molecule has 1 aliphatic rings. The minimum atomic E-state index is -0.726. The topological polar surface area (TPSA) is 71.1 Å². The Hall–Kier alpha value is -2.45. The van der Waals surface area contributed by atoms with Gasteiger partial charge in [0.05, 0.1) is 11.7 Å². The Morgan fingerprint density at radius 2 is 1.96 bits per heavy atom. The first-order valence-electron chi connectivity index (χ1n) is 8.42. The number of aromatic amines is 1. The molecular formula is C18H16Cl2F2N4O2. The first-order chi connectivity index (χ1) is 13.0. The molecule has 3 aromatic rings. The molecule has 2 aromatic heterocycles. The van der Waals surface area contributed by atoms with Crippen LogP contribution in [0.4, 0.5) is 14.6 Å². The van der Waals surface area contributed by atoms with E-state index >= 15 is 0 Å². The molecule has 28 heavy (non-hydrogen) atoms. The summed E-state index contributed by atoms with van der Waals surface area (Å²) in [6.45, 7) is 1.05. The molecule has 0 saturated carbocycles. The molecule has 4 rings (SSSR count). The summed E-state index contributed by atoms with van der Waals surface area (Å²) in [4.78, 5) is 25.3. The van der Waals surface area contributed by atoms with Crippen LogP contribution in [0.25, 0.3) is 11.0 Å². The molecule has 0 aliphatic carbocycles. The second-order valence-electron chi connectivity index (χ2n) is 6.29. The van der Waals surface area contributed by atoms with Gasteiger partial charge in [0, 0.05) is 38.1 Å². The lowest BCUT2D eigenvalue weighted by Crippen LogP contribution is -2.41. The highest BCUT2D eigenvalue weighted by molar-refractivity contribution is 6.29. The van der Waals surface area contributed by atoms with E-state index < -0.39 is 11.6 Å². The monoisotopic (exact) mass is 428 g/mol. The van der Waals surface area contributed by atoms with Crippen molar-refractivity contribution < 1.29 is 13.5 Å². The molecule has 148 valence electrons. The first kappa shape index (κ1) is 20.3. The third kappa shape index (κ3) is 4.18. The van der Waals surface area contributed by atoms with Gasteiger partial charge in [-0.15, -0.1) is 12.4 Å². The Balaban J connectivity index is 0.00000225. The maximum atomic E-state index is 13.7. The number of rotatable bonds is 3. The van der Waals surface area contributed by atoms with Crippen LogP contribution in [0.3, 0.4) is 0 Å². The number of hydrogen-bond donors (Lipinski definition) is 1. The standard InChI is InChI=1S/C18H15ClF2N4O2.ClH/c19-16-8-13-14(9-22-16)23-17(18(26)24-13)25-5-3-11(4-6-25)27-15-2-1-10(20)7-12(15)21;/h1-2,7-9,11H,3-6H2,(H,24,26);1H. The van der Waals surface area contributed by atoms with E-state index in [9.17, 15) is 13.6 Å². The van der Waals surface area contributed by atoms with Crippen LogP contribution in [0, 0.1) is 11.6 Å². The minimum Gasteiger partial charge on any atom is -0.487 e. The van der Waals surface area contributed by atoms with Crippen LogP contribution in [0.15, 0.2) is 35.3 Å². The lowest BCUT2D eigenvalue weighted by atomic mass is 10.1. The van der Waals surface area contributed by atoms with Crippen LogP contribution in [-0.4, -0.2) is 34.1 Å². The lowest BCUT2D eigenvalue weighted by molar-refractivity contribution is 0.163. The van der Waals surface area contributed by atoms with Crippen molar-refractivity contribution in [1.29, 1.82) is 0 Å². The number of pyridine rings is 1. The number of anilines is 1. The van der Waals surface area contributed by atoms with Crippen LogP contribution in [0.5, 0.6) is 5.75 Å². The van der Waals surface area contributed by atoms with Crippen molar-refractivity contribution in [3.05, 3.63) is 57.6 Å². The van der Waals surface area contributed by atoms with Crippen molar-refractivity contribution in [2.45, 2.75) is 18.9 Å². The van der Waals surface area contributed by atoms with E-state index in [0.29, 0.717) is 42.8 Å². The Kier molecular flexibility index (Phi) is 6.00. The number of aromatic nitrogens is 3. The van der Waals surface area contributed by atoms with E-state index in [1.807, 2.05) is 4.90 Å². The molecule has 0 spiro atoms. The van der Waals surface area contributed by atoms with Crippen molar-refractivity contribution >= 4 is 40.9 Å². The first-order valence-corrected chi connectivity index (χ1v) is 8.79. The average molecular weight is 429 g/mol. The van der Waals surface area contributed by atoms with E-state index in [1.54, 1.807) is 6.07 Å². The van der Waals surface area contributed by atoms with Crippen LogP contribution in [0.1, 0.15) is 12.8 Å². The van der Waals surface area contributed by atoms with Crippen molar-refractivity contribution in [1.82, 2.24) is 15.0 Å². The molecule has 0 unspecified atom stereocenters. The van der Waals surface area contributed by atoms with E-state index in [-0.39, 0.29) is 35.0 Å². The van der Waals surface area contributed by atoms with Crippen molar-refractivity contribution in [2.24, 2.45) is 0 Å². The number of halogens is 4. The van der Waals surface area contributed by atoms with E-state index in [2.05, 4.69) is 15.0 Å². The molecule has 0 amide bonds. The van der Waals surface area contributed by atoms with E-state index in [1.165, 1.54) is 12.3 Å². The maximum Gasteiger partial charge on any atom is 0.291 e. The van der Waals surface area contributed by atoms with Gasteiger partial charge in [0.25, 0.3) is 5.56 Å². The van der Waals surface area contributed by atoms with Gasteiger partial charge in [-0.2, -0.15) is 0 Å². The quantitative estimate of drug-likeness (QED) is 0.643. The smallest absolute Gasteiger partial charge is 0.291 e. The zero-order valence-electron chi connectivity index (χ0n) is 14.5. The minimum absolute atomic E-state index is 0. The summed E-state index contributed by atoms with van der Waals surface area (Å²) in [7, 11) is 0. The number of nitrogens with zero attached hydrogens (tertiary/aromatic N) is 3. The Labute approximate surface area is 169 Å². The predicted molar refractivity (Wildman–Crippen MR) is 105 cm³/mol. The van der Waals surface area contributed by atoms with Crippen LogP contribution < -0.4 is 15.2 Å². The van der Waals surface area contributed by atoms with Crippen LogP contribution >= 0.6 is 24.0 Å². The SMILES string of the molecule is Cl.O=c1[nH]c2cc(Cl)ncc2nc1N1CCC(Oc2ccc(F)cc2F)CC1. The number of hydrogen-bond acceptors (Lipinski definition) is 5. The zero-order valence-corrected chi connectivity index (χ0v) is 16.1. The van der Waals surface area contributed by atoms with Crippen molar-refractivity contribution in [2.75, 3.05) is 18.0 Å². The molecule has 0 radical (unpaired) electrons.